The zero-order valence-corrected chi connectivity index (χ0v) is 29.7. The van der Waals surface area contributed by atoms with Crippen LogP contribution < -0.4 is 0 Å². The second-order valence-electron chi connectivity index (χ2n) is 17.8. The molecule has 7 rings (SSSR count). The van der Waals surface area contributed by atoms with E-state index in [-0.39, 0.29) is 39.1 Å². The molecule has 6 aliphatic rings. The van der Waals surface area contributed by atoms with Crippen LogP contribution in [0.5, 0.6) is 0 Å². The van der Waals surface area contributed by atoms with Gasteiger partial charge in [-0.25, -0.2) is 4.79 Å². The summed E-state index contributed by atoms with van der Waals surface area (Å²) in [6.07, 6.45) is 12.4. The van der Waals surface area contributed by atoms with Crippen molar-refractivity contribution in [3.05, 3.63) is 47.5 Å². The molecule has 4 saturated carbocycles. The predicted molar refractivity (Wildman–Crippen MR) is 182 cm³/mol. The number of hydrogen-bond donors (Lipinski definition) is 0. The Morgan fingerprint density at radius 3 is 2.28 bits per heavy atom. The SMILES string of the molecule is C[C@@H]1CC[C@]2(C(=O)N3CCOCC3)CC[C@]3(C)C(=CC[C@@H]4[C@@]5(C)CC[C@H](OC(=O)c6ccccc6)C(C)(C)[C@@H]5CC[C@]43C)C2[C@H]1C. The average molecular weight is 630 g/mol. The molecule has 1 aliphatic heterocycles. The van der Waals surface area contributed by atoms with E-state index in [1.54, 1.807) is 5.57 Å². The van der Waals surface area contributed by atoms with E-state index in [1.807, 2.05) is 30.3 Å². The van der Waals surface area contributed by atoms with Gasteiger partial charge < -0.3 is 14.4 Å². The van der Waals surface area contributed by atoms with E-state index in [9.17, 15) is 9.59 Å². The normalized spacial score (nSPS) is 44.8. The molecule has 1 saturated heterocycles. The van der Waals surface area contributed by atoms with Gasteiger partial charge in [-0.3, -0.25) is 4.79 Å². The molecule has 46 heavy (non-hydrogen) atoms. The fourth-order valence-corrected chi connectivity index (χ4v) is 12.9. The highest BCUT2D eigenvalue weighted by Gasteiger charge is 2.70. The van der Waals surface area contributed by atoms with Crippen molar-refractivity contribution in [1.29, 1.82) is 0 Å². The molecule has 0 bridgehead atoms. The molecule has 1 aromatic carbocycles. The van der Waals surface area contributed by atoms with Crippen LogP contribution in [0, 0.1) is 56.7 Å². The summed E-state index contributed by atoms with van der Waals surface area (Å²) in [4.78, 5) is 30.0. The van der Waals surface area contributed by atoms with Crippen molar-refractivity contribution in [1.82, 2.24) is 4.90 Å². The first-order valence-corrected chi connectivity index (χ1v) is 18.6. The minimum atomic E-state index is -0.262. The highest BCUT2D eigenvalue weighted by atomic mass is 16.5. The van der Waals surface area contributed by atoms with Crippen molar-refractivity contribution in [2.75, 3.05) is 26.3 Å². The van der Waals surface area contributed by atoms with Crippen molar-refractivity contribution < 1.29 is 19.1 Å². The number of fused-ring (bicyclic) bond motifs is 7. The average Bonchev–Trinajstić information content (AvgIpc) is 3.05. The smallest absolute Gasteiger partial charge is 0.338 e. The van der Waals surface area contributed by atoms with Gasteiger partial charge in [0.15, 0.2) is 0 Å². The fraction of sp³-hybridized carbons (Fsp3) is 0.756. The van der Waals surface area contributed by atoms with Crippen LogP contribution in [0.2, 0.25) is 0 Å². The number of rotatable bonds is 3. The van der Waals surface area contributed by atoms with Crippen LogP contribution in [0.1, 0.15) is 117 Å². The Labute approximate surface area is 278 Å². The van der Waals surface area contributed by atoms with Crippen LogP contribution in [0.25, 0.3) is 0 Å². The van der Waals surface area contributed by atoms with E-state index < -0.39 is 0 Å². The van der Waals surface area contributed by atoms with Gasteiger partial charge in [-0.2, -0.15) is 0 Å². The third-order valence-electron chi connectivity index (χ3n) is 15.9. The molecule has 252 valence electrons. The summed E-state index contributed by atoms with van der Waals surface area (Å²) < 4.78 is 12.0. The monoisotopic (exact) mass is 629 g/mol. The van der Waals surface area contributed by atoms with Crippen molar-refractivity contribution in [3.63, 3.8) is 0 Å². The summed E-state index contributed by atoms with van der Waals surface area (Å²) in [5, 5.41) is 0. The summed E-state index contributed by atoms with van der Waals surface area (Å²) in [6.45, 7) is 20.3. The first-order valence-electron chi connectivity index (χ1n) is 18.6. The Balaban J connectivity index is 1.21. The Morgan fingerprint density at radius 1 is 0.848 bits per heavy atom. The van der Waals surface area contributed by atoms with Gasteiger partial charge in [-0.1, -0.05) is 78.3 Å². The first-order chi connectivity index (χ1) is 21.8. The molecule has 0 aromatic heterocycles. The first kappa shape index (κ1) is 32.4. The zero-order valence-electron chi connectivity index (χ0n) is 29.7. The molecule has 5 nitrogen and oxygen atoms in total. The maximum Gasteiger partial charge on any atom is 0.338 e. The highest BCUT2D eigenvalue weighted by Crippen LogP contribution is 2.76. The van der Waals surface area contributed by atoms with Gasteiger partial charge in [0.2, 0.25) is 5.91 Å². The number of amides is 1. The van der Waals surface area contributed by atoms with Crippen LogP contribution in [-0.4, -0.2) is 49.2 Å². The molecule has 0 N–H and O–H groups in total. The number of morpholine rings is 1. The van der Waals surface area contributed by atoms with Crippen molar-refractivity contribution in [2.24, 2.45) is 56.7 Å². The molecule has 1 aromatic rings. The number of carbonyl (C=O) groups is 2. The quantitative estimate of drug-likeness (QED) is 0.248. The van der Waals surface area contributed by atoms with Gasteiger partial charge in [0.1, 0.15) is 6.10 Å². The molecule has 1 unspecified atom stereocenters. The van der Waals surface area contributed by atoms with Gasteiger partial charge in [-0.05, 0) is 116 Å². The molecule has 10 atom stereocenters. The second kappa shape index (κ2) is 11.2. The lowest BCUT2D eigenvalue weighted by atomic mass is 9.33. The predicted octanol–water partition coefficient (Wildman–Crippen LogP) is 8.73. The zero-order chi connectivity index (χ0) is 32.7. The number of carbonyl (C=O) groups excluding carboxylic acids is 2. The molecule has 1 heterocycles. The summed E-state index contributed by atoms with van der Waals surface area (Å²) >= 11 is 0. The maximum absolute atomic E-state index is 14.6. The van der Waals surface area contributed by atoms with Crippen LogP contribution >= 0.6 is 0 Å². The van der Waals surface area contributed by atoms with Crippen molar-refractivity contribution in [2.45, 2.75) is 112 Å². The van der Waals surface area contributed by atoms with Gasteiger partial charge in [0.25, 0.3) is 0 Å². The van der Waals surface area contributed by atoms with Crippen LogP contribution in [-0.2, 0) is 14.3 Å². The van der Waals surface area contributed by atoms with Gasteiger partial charge >= 0.3 is 5.97 Å². The largest absolute Gasteiger partial charge is 0.458 e. The topological polar surface area (TPSA) is 55.8 Å². The molecule has 0 radical (unpaired) electrons. The number of nitrogens with zero attached hydrogens (tertiary/aromatic N) is 1. The van der Waals surface area contributed by atoms with E-state index in [0.717, 1.165) is 58.0 Å². The lowest BCUT2D eigenvalue weighted by molar-refractivity contribution is -0.206. The van der Waals surface area contributed by atoms with Crippen LogP contribution in [0.3, 0.4) is 0 Å². The van der Waals surface area contributed by atoms with Crippen molar-refractivity contribution in [3.8, 4) is 0 Å². The highest BCUT2D eigenvalue weighted by molar-refractivity contribution is 5.89. The molecule has 5 heteroatoms. The molecule has 1 amide bonds. The van der Waals surface area contributed by atoms with Gasteiger partial charge in [-0.15, -0.1) is 0 Å². The third kappa shape index (κ3) is 4.48. The van der Waals surface area contributed by atoms with Gasteiger partial charge in [0, 0.05) is 18.5 Å². The van der Waals surface area contributed by atoms with Gasteiger partial charge in [0.05, 0.1) is 24.2 Å². The molecular formula is C41H59NO4. The Hall–Kier alpha value is -2.14. The summed E-state index contributed by atoms with van der Waals surface area (Å²) in [7, 11) is 0. The summed E-state index contributed by atoms with van der Waals surface area (Å²) in [5.74, 6) is 2.79. The van der Waals surface area contributed by atoms with E-state index in [1.165, 1.54) is 12.8 Å². The molecule has 5 aliphatic carbocycles. The van der Waals surface area contributed by atoms with Crippen LogP contribution in [0.4, 0.5) is 0 Å². The van der Waals surface area contributed by atoms with E-state index in [0.29, 0.717) is 54.3 Å². The summed E-state index contributed by atoms with van der Waals surface area (Å²) in [5.41, 5.74) is 2.39. The van der Waals surface area contributed by atoms with E-state index in [2.05, 4.69) is 59.4 Å². The lowest BCUT2D eigenvalue weighted by Gasteiger charge is -2.71. The molecule has 0 spiro atoms. The number of esters is 1. The number of ether oxygens (including phenoxy) is 2. The van der Waals surface area contributed by atoms with Crippen LogP contribution in [0.15, 0.2) is 42.0 Å². The Bertz CT molecular complexity index is 1380. The minimum absolute atomic E-state index is 0.0704. The van der Waals surface area contributed by atoms with Crippen molar-refractivity contribution >= 4 is 11.9 Å². The fourth-order valence-electron chi connectivity index (χ4n) is 12.9. The van der Waals surface area contributed by atoms with E-state index in [4.69, 9.17) is 9.47 Å². The maximum atomic E-state index is 14.6. The minimum Gasteiger partial charge on any atom is -0.458 e. The van der Waals surface area contributed by atoms with E-state index >= 15 is 0 Å². The second-order valence-corrected chi connectivity index (χ2v) is 17.8. The number of allylic oxidation sites excluding steroid dienone is 2. The molecule has 5 fully saturated rings. The lowest BCUT2D eigenvalue weighted by Crippen LogP contribution is -2.66. The Morgan fingerprint density at radius 2 is 1.57 bits per heavy atom. The number of hydrogen-bond acceptors (Lipinski definition) is 4. The Kier molecular flexibility index (Phi) is 7.90. The summed E-state index contributed by atoms with van der Waals surface area (Å²) in [6, 6.07) is 9.50. The standard InChI is InChI=1S/C41H59NO4/c1-27-15-20-41(36(44)42-23-25-45-26-24-42)22-21-39(6)30(34(41)28(27)2)13-14-32-38(5)18-17-33(46-35(43)29-11-9-8-10-12-29)37(3,4)31(38)16-19-40(32,39)7/h8-13,27-28,31-34H,14-26H2,1-7H3/t27-,28+,31+,32-,33+,34?,38+,39-,40-,41+/m1/s1. The third-order valence-corrected chi connectivity index (χ3v) is 15.9. The molecular weight excluding hydrogens is 570 g/mol. The number of benzene rings is 1.